The van der Waals surface area contributed by atoms with Gasteiger partial charge in [0, 0.05) is 5.92 Å². The Morgan fingerprint density at radius 3 is 1.79 bits per heavy atom. The molecule has 1 aliphatic carbocycles. The average Bonchev–Trinajstić information content (AvgIpc) is 2.97. The second kappa shape index (κ2) is 6.31. The molecule has 1 aliphatic rings. The van der Waals surface area contributed by atoms with Crippen molar-refractivity contribution in [3.8, 4) is 0 Å². The van der Waals surface area contributed by atoms with E-state index in [4.69, 9.17) is 13.3 Å². The predicted octanol–water partition coefficient (Wildman–Crippen LogP) is 0.0110. The third kappa shape index (κ3) is 3.51. The van der Waals surface area contributed by atoms with Crippen molar-refractivity contribution in [3.63, 3.8) is 0 Å². The van der Waals surface area contributed by atoms with E-state index in [2.05, 4.69) is 19.6 Å². The molecule has 0 heterocycles. The summed E-state index contributed by atoms with van der Waals surface area (Å²) >= 11 is 0. The van der Waals surface area contributed by atoms with Crippen LogP contribution in [0.4, 0.5) is 0 Å². The lowest BCUT2D eigenvalue weighted by molar-refractivity contribution is 0.204. The fourth-order valence-electron chi connectivity index (χ4n) is 1.29. The van der Waals surface area contributed by atoms with E-state index in [1.54, 1.807) is 0 Å². The van der Waals surface area contributed by atoms with E-state index < -0.39 is 29.3 Å². The van der Waals surface area contributed by atoms with Crippen LogP contribution in [0.15, 0.2) is 11.7 Å². The first-order valence-corrected chi connectivity index (χ1v) is 11.4. The molecule has 0 aromatic rings. The van der Waals surface area contributed by atoms with Crippen molar-refractivity contribution in [3.05, 3.63) is 11.7 Å². The molecule has 1 fully saturated rings. The Hall–Kier alpha value is -0.209. The minimum absolute atomic E-state index is 0.400. The molecule has 1 rings (SSSR count). The first-order chi connectivity index (χ1) is 6.83. The highest BCUT2D eigenvalue weighted by molar-refractivity contribution is 6.27. The Labute approximate surface area is 93.0 Å². The van der Waals surface area contributed by atoms with Crippen LogP contribution >= 0.6 is 0 Å². The fourth-order valence-corrected chi connectivity index (χ4v) is 3.10. The molecule has 0 saturated heterocycles. The van der Waals surface area contributed by atoms with E-state index in [1.165, 1.54) is 12.8 Å². The lowest BCUT2D eigenvalue weighted by atomic mass is 10.4. The van der Waals surface area contributed by atoms with Gasteiger partial charge in [0.15, 0.2) is 5.76 Å². The van der Waals surface area contributed by atoms with Gasteiger partial charge in [-0.3, -0.25) is 0 Å². The Kier molecular flexibility index (Phi) is 5.34. The van der Waals surface area contributed by atoms with Gasteiger partial charge in [0.1, 0.15) is 0 Å². The highest BCUT2D eigenvalue weighted by atomic mass is 28.2. The van der Waals surface area contributed by atoms with Gasteiger partial charge in [-0.05, 0) is 32.5 Å². The Morgan fingerprint density at radius 1 is 0.929 bits per heavy atom. The molecule has 0 radical (unpaired) electrons. The molecule has 0 bridgehead atoms. The van der Waals surface area contributed by atoms with Gasteiger partial charge in [-0.15, -0.1) is 0 Å². The van der Waals surface area contributed by atoms with Gasteiger partial charge in [0.25, 0.3) is 5.95 Å². The maximum Gasteiger partial charge on any atom is 0.289 e. The molecule has 0 atom stereocenters. The largest absolute Gasteiger partial charge is 0.548 e. The summed E-state index contributed by atoms with van der Waals surface area (Å²) in [5.41, 5.74) is 0. The van der Waals surface area contributed by atoms with Crippen LogP contribution in [0, 0.1) is 5.92 Å². The second-order valence-corrected chi connectivity index (χ2v) is 5.82. The molecule has 0 aromatic carbocycles. The third-order valence-corrected chi connectivity index (χ3v) is 3.70. The summed E-state index contributed by atoms with van der Waals surface area (Å²) in [4.78, 5) is 0. The highest BCUT2D eigenvalue weighted by Gasteiger charge is 2.31. The number of rotatable bonds is 7. The standard InChI is InChI=1S/C8H20O3Si3/c1-12-9-7(6-4-5-6)8(10-13-2)11-14-3/h6H,4-5,12-14H2,1-3H3. The Bertz CT molecular complexity index is 196. The number of allylic oxidation sites excluding steroid dienone is 1. The van der Waals surface area contributed by atoms with Crippen LogP contribution in [0.25, 0.3) is 0 Å². The first kappa shape index (κ1) is 11.9. The summed E-state index contributed by atoms with van der Waals surface area (Å²) in [7, 11) is -1.29. The summed E-state index contributed by atoms with van der Waals surface area (Å²) in [5, 5.41) is 0. The predicted molar refractivity (Wildman–Crippen MR) is 66.2 cm³/mol. The van der Waals surface area contributed by atoms with Crippen LogP contribution < -0.4 is 0 Å². The van der Waals surface area contributed by atoms with Crippen molar-refractivity contribution in [2.45, 2.75) is 32.5 Å². The third-order valence-electron chi connectivity index (χ3n) is 2.00. The van der Waals surface area contributed by atoms with E-state index in [-0.39, 0.29) is 0 Å². The SMILES string of the molecule is C[SiH2]OC(O[SiH2]C)=C(O[SiH2]C)C1CC1. The van der Waals surface area contributed by atoms with Crippen molar-refractivity contribution in [2.75, 3.05) is 0 Å². The van der Waals surface area contributed by atoms with Crippen molar-refractivity contribution in [2.24, 2.45) is 5.92 Å². The van der Waals surface area contributed by atoms with Crippen molar-refractivity contribution in [1.82, 2.24) is 0 Å². The summed E-state index contributed by atoms with van der Waals surface area (Å²) in [5.74, 6) is 2.41. The molecule has 0 spiro atoms. The molecule has 0 amide bonds. The van der Waals surface area contributed by atoms with E-state index in [1.807, 2.05) is 0 Å². The molecule has 0 N–H and O–H groups in total. The van der Waals surface area contributed by atoms with Crippen molar-refractivity contribution < 1.29 is 13.3 Å². The van der Waals surface area contributed by atoms with Crippen LogP contribution in [-0.2, 0) is 13.3 Å². The topological polar surface area (TPSA) is 27.7 Å². The molecule has 6 heteroatoms. The van der Waals surface area contributed by atoms with Crippen LogP contribution in [0.2, 0.25) is 19.6 Å². The maximum absolute atomic E-state index is 5.75. The molecule has 0 aliphatic heterocycles. The van der Waals surface area contributed by atoms with E-state index in [0.29, 0.717) is 5.92 Å². The molecular formula is C8H20O3Si3. The van der Waals surface area contributed by atoms with E-state index >= 15 is 0 Å². The summed E-state index contributed by atoms with van der Waals surface area (Å²) < 4.78 is 17.0. The zero-order valence-corrected chi connectivity index (χ0v) is 13.6. The second-order valence-electron chi connectivity index (χ2n) is 3.23. The van der Waals surface area contributed by atoms with Gasteiger partial charge >= 0.3 is 0 Å². The monoisotopic (exact) mass is 248 g/mol. The van der Waals surface area contributed by atoms with Gasteiger partial charge in [0.2, 0.25) is 29.3 Å². The van der Waals surface area contributed by atoms with Gasteiger partial charge < -0.3 is 13.3 Å². The molecular weight excluding hydrogens is 228 g/mol. The smallest absolute Gasteiger partial charge is 0.289 e. The molecule has 14 heavy (non-hydrogen) atoms. The number of hydrogen-bond acceptors (Lipinski definition) is 3. The van der Waals surface area contributed by atoms with Gasteiger partial charge in [0.05, 0.1) is 0 Å². The van der Waals surface area contributed by atoms with Crippen LogP contribution in [0.3, 0.4) is 0 Å². The van der Waals surface area contributed by atoms with Crippen molar-refractivity contribution in [1.29, 1.82) is 0 Å². The van der Waals surface area contributed by atoms with Crippen molar-refractivity contribution >= 4 is 29.3 Å². The summed E-state index contributed by atoms with van der Waals surface area (Å²) in [6, 6.07) is 0. The lowest BCUT2D eigenvalue weighted by Gasteiger charge is -2.16. The van der Waals surface area contributed by atoms with Crippen LogP contribution in [0.5, 0.6) is 0 Å². The van der Waals surface area contributed by atoms with E-state index in [0.717, 1.165) is 11.7 Å². The summed E-state index contributed by atoms with van der Waals surface area (Å²) in [6.45, 7) is 6.38. The quantitative estimate of drug-likeness (QED) is 0.469. The minimum atomic E-state index is -0.443. The van der Waals surface area contributed by atoms with Gasteiger partial charge in [-0.25, -0.2) is 0 Å². The molecule has 82 valence electrons. The zero-order chi connectivity index (χ0) is 10.4. The molecule has 0 unspecified atom stereocenters. The molecule has 3 nitrogen and oxygen atoms in total. The number of hydrogen-bond donors (Lipinski definition) is 0. The van der Waals surface area contributed by atoms with Crippen LogP contribution in [0.1, 0.15) is 12.8 Å². The summed E-state index contributed by atoms with van der Waals surface area (Å²) in [6.07, 6.45) is 2.49. The Balaban J connectivity index is 2.65. The lowest BCUT2D eigenvalue weighted by Crippen LogP contribution is -2.09. The average molecular weight is 249 g/mol. The molecule has 0 aromatic heterocycles. The Morgan fingerprint density at radius 2 is 1.43 bits per heavy atom. The van der Waals surface area contributed by atoms with Gasteiger partial charge in [-0.2, -0.15) is 0 Å². The minimum Gasteiger partial charge on any atom is -0.548 e. The van der Waals surface area contributed by atoms with Crippen LogP contribution in [-0.4, -0.2) is 29.3 Å². The highest BCUT2D eigenvalue weighted by Crippen LogP contribution is 2.38. The van der Waals surface area contributed by atoms with E-state index in [9.17, 15) is 0 Å². The molecule has 1 saturated carbocycles. The van der Waals surface area contributed by atoms with Gasteiger partial charge in [-0.1, -0.05) is 0 Å². The first-order valence-electron chi connectivity index (χ1n) is 5.45. The maximum atomic E-state index is 5.75. The normalized spacial score (nSPS) is 17.4. The zero-order valence-electron chi connectivity index (χ0n) is 9.34. The fraction of sp³-hybridized carbons (Fsp3) is 0.750.